The summed E-state index contributed by atoms with van der Waals surface area (Å²) in [6.07, 6.45) is 1.54. The molecule has 2 N–H and O–H groups in total. The van der Waals surface area contributed by atoms with Crippen LogP contribution in [0.1, 0.15) is 5.56 Å². The topological polar surface area (TPSA) is 77.5 Å². The normalized spacial score (nSPS) is 10.5. The third kappa shape index (κ3) is 3.36. The molecule has 5 nitrogen and oxygen atoms in total. The smallest absolute Gasteiger partial charge is 0.164 e. The highest BCUT2D eigenvalue weighted by atomic mass is 32.1. The summed E-state index contributed by atoms with van der Waals surface area (Å²) in [6, 6.07) is 5.29. The van der Waals surface area contributed by atoms with Gasteiger partial charge in [-0.25, -0.2) is 0 Å². The minimum Gasteiger partial charge on any atom is -0.496 e. The molecule has 6 heteroatoms. The van der Waals surface area contributed by atoms with Crippen molar-refractivity contribution in [3.05, 3.63) is 23.3 Å². The molecule has 0 aliphatic carbocycles. The zero-order chi connectivity index (χ0) is 14.4. The zero-order valence-electron chi connectivity index (χ0n) is 10.9. The summed E-state index contributed by atoms with van der Waals surface area (Å²) in [5.74, 6) is 1.58. The van der Waals surface area contributed by atoms with E-state index in [0.29, 0.717) is 22.8 Å². The van der Waals surface area contributed by atoms with Crippen molar-refractivity contribution in [3.8, 4) is 23.3 Å². The zero-order valence-corrected chi connectivity index (χ0v) is 11.7. The summed E-state index contributed by atoms with van der Waals surface area (Å²) >= 11 is 4.79. The number of rotatable bonds is 5. The lowest BCUT2D eigenvalue weighted by Gasteiger charge is -2.12. The van der Waals surface area contributed by atoms with E-state index in [0.717, 1.165) is 0 Å². The predicted molar refractivity (Wildman–Crippen MR) is 76.5 cm³/mol. The minimum atomic E-state index is 0.0272. The summed E-state index contributed by atoms with van der Waals surface area (Å²) in [5.41, 5.74) is 6.28. The van der Waals surface area contributed by atoms with Crippen LogP contribution in [0.5, 0.6) is 17.2 Å². The first-order valence-electron chi connectivity index (χ1n) is 5.29. The molecule has 0 unspecified atom stereocenters. The lowest BCUT2D eigenvalue weighted by molar-refractivity contribution is 0.348. The maximum Gasteiger partial charge on any atom is 0.164 e. The van der Waals surface area contributed by atoms with Gasteiger partial charge in [0.1, 0.15) is 16.8 Å². The fraction of sp³-hybridized carbons (Fsp3) is 0.231. The Bertz CT molecular complexity index is 562. The molecule has 19 heavy (non-hydrogen) atoms. The molecule has 0 amide bonds. The monoisotopic (exact) mass is 278 g/mol. The fourth-order valence-electron chi connectivity index (χ4n) is 1.48. The molecule has 0 saturated carbocycles. The van der Waals surface area contributed by atoms with Crippen LogP contribution < -0.4 is 19.9 Å². The first kappa shape index (κ1) is 14.8. The van der Waals surface area contributed by atoms with Crippen molar-refractivity contribution in [3.63, 3.8) is 0 Å². The van der Waals surface area contributed by atoms with Crippen molar-refractivity contribution >= 4 is 23.3 Å². The molecule has 0 aliphatic rings. The molecule has 0 aliphatic heterocycles. The number of methoxy groups -OCH3 is 3. The number of benzene rings is 1. The summed E-state index contributed by atoms with van der Waals surface area (Å²) in [4.78, 5) is 0.0272. The van der Waals surface area contributed by atoms with Crippen LogP contribution in [0.3, 0.4) is 0 Å². The number of hydrogen-bond acceptors (Lipinski definition) is 5. The van der Waals surface area contributed by atoms with E-state index in [1.54, 1.807) is 18.2 Å². The van der Waals surface area contributed by atoms with Crippen LogP contribution in [0.25, 0.3) is 6.08 Å². The third-order valence-electron chi connectivity index (χ3n) is 2.42. The van der Waals surface area contributed by atoms with E-state index in [1.807, 2.05) is 6.07 Å². The molecule has 0 bridgehead atoms. The second-order valence-corrected chi connectivity index (χ2v) is 3.92. The van der Waals surface area contributed by atoms with Crippen molar-refractivity contribution in [2.24, 2.45) is 5.73 Å². The van der Waals surface area contributed by atoms with Crippen LogP contribution in [-0.2, 0) is 0 Å². The van der Waals surface area contributed by atoms with Crippen LogP contribution in [-0.4, -0.2) is 26.3 Å². The first-order valence-corrected chi connectivity index (χ1v) is 5.69. The maximum absolute atomic E-state index is 8.97. The lowest BCUT2D eigenvalue weighted by Crippen LogP contribution is -2.09. The van der Waals surface area contributed by atoms with Gasteiger partial charge in [0, 0.05) is 11.6 Å². The van der Waals surface area contributed by atoms with Gasteiger partial charge >= 0.3 is 0 Å². The van der Waals surface area contributed by atoms with Gasteiger partial charge in [-0.2, -0.15) is 5.26 Å². The number of nitrogens with zero attached hydrogens (tertiary/aromatic N) is 1. The summed E-state index contributed by atoms with van der Waals surface area (Å²) in [6.45, 7) is 0. The average Bonchev–Trinajstić information content (AvgIpc) is 2.43. The van der Waals surface area contributed by atoms with Gasteiger partial charge in [-0.3, -0.25) is 0 Å². The van der Waals surface area contributed by atoms with Crippen LogP contribution in [0.15, 0.2) is 17.7 Å². The van der Waals surface area contributed by atoms with Gasteiger partial charge in [-0.15, -0.1) is 0 Å². The van der Waals surface area contributed by atoms with Crippen molar-refractivity contribution in [1.82, 2.24) is 0 Å². The first-order chi connectivity index (χ1) is 9.07. The van der Waals surface area contributed by atoms with Crippen molar-refractivity contribution < 1.29 is 14.2 Å². The molecule has 0 aromatic heterocycles. The number of hydrogen-bond donors (Lipinski definition) is 1. The average molecular weight is 278 g/mol. The molecule has 0 radical (unpaired) electrons. The molecular weight excluding hydrogens is 264 g/mol. The molecule has 1 aromatic rings. The van der Waals surface area contributed by atoms with Crippen molar-refractivity contribution in [1.29, 1.82) is 5.26 Å². The molecular formula is C13H14N2O3S. The molecule has 100 valence electrons. The minimum absolute atomic E-state index is 0.0272. The van der Waals surface area contributed by atoms with E-state index in [2.05, 4.69) is 0 Å². The molecule has 1 rings (SSSR count). The molecule has 1 aromatic carbocycles. The van der Waals surface area contributed by atoms with Crippen LogP contribution in [0, 0.1) is 11.3 Å². The van der Waals surface area contributed by atoms with E-state index < -0.39 is 0 Å². The van der Waals surface area contributed by atoms with E-state index in [4.69, 9.17) is 37.4 Å². The highest BCUT2D eigenvalue weighted by Gasteiger charge is 2.11. The standard InChI is InChI=1S/C13H14N2O3S/c1-16-10-6-12(18-3)11(17-2)5-8(10)4-9(7-14)13(15)19/h4-6H,1-3H3,(H2,15,19)/b9-4+. The SMILES string of the molecule is COc1cc(OC)c(OC)cc1/C=C(\C#N)C(N)=S. The van der Waals surface area contributed by atoms with E-state index in [-0.39, 0.29) is 10.6 Å². The van der Waals surface area contributed by atoms with E-state index in [9.17, 15) is 0 Å². The van der Waals surface area contributed by atoms with Crippen LogP contribution in [0.2, 0.25) is 0 Å². The van der Waals surface area contributed by atoms with Gasteiger partial charge in [-0.05, 0) is 12.1 Å². The molecule has 0 saturated heterocycles. The number of thiocarbonyl (C=S) groups is 1. The summed E-state index contributed by atoms with van der Waals surface area (Å²) in [7, 11) is 4.57. The van der Waals surface area contributed by atoms with Crippen LogP contribution >= 0.6 is 12.2 Å². The van der Waals surface area contributed by atoms with Gasteiger partial charge < -0.3 is 19.9 Å². The van der Waals surface area contributed by atoms with Gasteiger partial charge in [0.25, 0.3) is 0 Å². The Morgan fingerprint density at radius 3 is 2.11 bits per heavy atom. The molecule has 0 atom stereocenters. The van der Waals surface area contributed by atoms with E-state index >= 15 is 0 Å². The number of nitrogens with two attached hydrogens (primary N) is 1. The summed E-state index contributed by atoms with van der Waals surface area (Å²) in [5, 5.41) is 8.97. The van der Waals surface area contributed by atoms with Crippen molar-refractivity contribution in [2.45, 2.75) is 0 Å². The van der Waals surface area contributed by atoms with Crippen LogP contribution in [0.4, 0.5) is 0 Å². The van der Waals surface area contributed by atoms with Gasteiger partial charge in [0.15, 0.2) is 11.5 Å². The molecule has 0 fully saturated rings. The Morgan fingerprint density at radius 1 is 1.16 bits per heavy atom. The third-order valence-corrected chi connectivity index (χ3v) is 2.64. The van der Waals surface area contributed by atoms with Crippen molar-refractivity contribution in [2.75, 3.05) is 21.3 Å². The molecule has 0 spiro atoms. The Hall–Kier alpha value is -2.26. The Labute approximate surface area is 117 Å². The Balaban J connectivity index is 3.42. The Kier molecular flexibility index (Phi) is 5.15. The van der Waals surface area contributed by atoms with Gasteiger partial charge in [-0.1, -0.05) is 12.2 Å². The quantitative estimate of drug-likeness (QED) is 0.503. The highest BCUT2D eigenvalue weighted by Crippen LogP contribution is 2.35. The second kappa shape index (κ2) is 6.61. The fourth-order valence-corrected chi connectivity index (χ4v) is 1.58. The summed E-state index contributed by atoms with van der Waals surface area (Å²) < 4.78 is 15.6. The predicted octanol–water partition coefficient (Wildman–Crippen LogP) is 1.91. The van der Waals surface area contributed by atoms with Gasteiger partial charge in [0.05, 0.1) is 26.9 Å². The second-order valence-electron chi connectivity index (χ2n) is 3.48. The Morgan fingerprint density at radius 2 is 1.68 bits per heavy atom. The largest absolute Gasteiger partial charge is 0.496 e. The number of ether oxygens (including phenoxy) is 3. The number of nitriles is 1. The maximum atomic E-state index is 8.97. The van der Waals surface area contributed by atoms with Gasteiger partial charge in [0.2, 0.25) is 0 Å². The molecule has 0 heterocycles. The lowest BCUT2D eigenvalue weighted by atomic mass is 10.1. The van der Waals surface area contributed by atoms with E-state index in [1.165, 1.54) is 21.3 Å². The highest BCUT2D eigenvalue weighted by molar-refractivity contribution is 7.80.